The molecule has 1 rings (SSSR count). The number of ether oxygens (including phenoxy) is 1. The van der Waals surface area contributed by atoms with Crippen molar-refractivity contribution in [1.82, 2.24) is 5.32 Å². The molecule has 0 heterocycles. The van der Waals surface area contributed by atoms with Gasteiger partial charge in [0, 0.05) is 11.6 Å². The summed E-state index contributed by atoms with van der Waals surface area (Å²) in [4.78, 5) is 0. The maximum absolute atomic E-state index is 5.78. The third-order valence-electron chi connectivity index (χ3n) is 2.43. The van der Waals surface area contributed by atoms with Crippen molar-refractivity contribution in [3.05, 3.63) is 29.3 Å². The van der Waals surface area contributed by atoms with E-state index in [4.69, 9.17) is 4.74 Å². The van der Waals surface area contributed by atoms with Crippen LogP contribution in [0.25, 0.3) is 0 Å². The second-order valence-electron chi connectivity index (χ2n) is 4.22. The van der Waals surface area contributed by atoms with Gasteiger partial charge in [-0.25, -0.2) is 0 Å². The smallest absolute Gasteiger partial charge is 0.124 e. The number of benzene rings is 1. The quantitative estimate of drug-likeness (QED) is 0.819. The largest absolute Gasteiger partial charge is 0.491 e. The molecule has 1 N–H and O–H groups in total. The van der Waals surface area contributed by atoms with Gasteiger partial charge in [-0.05, 0) is 40.8 Å². The average molecular weight is 207 g/mol. The number of hydrogen-bond donors (Lipinski definition) is 1. The Bertz CT molecular complexity index is 320. The van der Waals surface area contributed by atoms with E-state index in [-0.39, 0.29) is 6.10 Å². The molecule has 0 saturated carbocycles. The molecule has 0 saturated heterocycles. The van der Waals surface area contributed by atoms with Crippen molar-refractivity contribution >= 4 is 0 Å². The Morgan fingerprint density at radius 1 is 1.20 bits per heavy atom. The van der Waals surface area contributed by atoms with E-state index in [0.717, 1.165) is 5.75 Å². The molecule has 0 bridgehead atoms. The zero-order valence-corrected chi connectivity index (χ0v) is 10.3. The highest BCUT2D eigenvalue weighted by atomic mass is 16.5. The lowest BCUT2D eigenvalue weighted by atomic mass is 10.0. The first-order valence-electron chi connectivity index (χ1n) is 5.49. The first kappa shape index (κ1) is 12.1. The highest BCUT2D eigenvalue weighted by Gasteiger charge is 2.11. The zero-order chi connectivity index (χ0) is 11.4. The van der Waals surface area contributed by atoms with Crippen molar-refractivity contribution in [2.75, 3.05) is 7.05 Å². The van der Waals surface area contributed by atoms with E-state index in [1.165, 1.54) is 11.1 Å². The van der Waals surface area contributed by atoms with Crippen molar-refractivity contribution < 1.29 is 4.74 Å². The van der Waals surface area contributed by atoms with Crippen LogP contribution in [0, 0.1) is 6.92 Å². The second kappa shape index (κ2) is 5.17. The molecular formula is C13H21NO. The molecule has 1 aromatic rings. The van der Waals surface area contributed by atoms with Gasteiger partial charge < -0.3 is 10.1 Å². The Morgan fingerprint density at radius 2 is 1.87 bits per heavy atom. The van der Waals surface area contributed by atoms with Crippen LogP contribution in [0.4, 0.5) is 0 Å². The van der Waals surface area contributed by atoms with Crippen molar-refractivity contribution in [2.45, 2.75) is 39.8 Å². The van der Waals surface area contributed by atoms with E-state index in [2.05, 4.69) is 37.4 Å². The molecule has 84 valence electrons. The summed E-state index contributed by atoms with van der Waals surface area (Å²) in [6, 6.07) is 6.64. The van der Waals surface area contributed by atoms with Gasteiger partial charge in [-0.15, -0.1) is 0 Å². The van der Waals surface area contributed by atoms with Gasteiger partial charge in [0.1, 0.15) is 5.75 Å². The van der Waals surface area contributed by atoms with E-state index < -0.39 is 0 Å². The van der Waals surface area contributed by atoms with Gasteiger partial charge in [-0.3, -0.25) is 0 Å². The summed E-state index contributed by atoms with van der Waals surface area (Å²) in [6.45, 7) is 8.34. The maximum Gasteiger partial charge on any atom is 0.124 e. The number of nitrogens with one attached hydrogen (secondary N) is 1. The molecule has 0 fully saturated rings. The van der Waals surface area contributed by atoms with Crippen LogP contribution in [0.15, 0.2) is 18.2 Å². The van der Waals surface area contributed by atoms with E-state index in [0.29, 0.717) is 6.04 Å². The normalized spacial score (nSPS) is 12.9. The molecule has 15 heavy (non-hydrogen) atoms. The molecular weight excluding hydrogens is 186 g/mol. The summed E-state index contributed by atoms with van der Waals surface area (Å²) >= 11 is 0. The van der Waals surface area contributed by atoms with Crippen molar-refractivity contribution in [3.8, 4) is 5.75 Å². The van der Waals surface area contributed by atoms with Gasteiger partial charge in [0.05, 0.1) is 6.10 Å². The van der Waals surface area contributed by atoms with Crippen LogP contribution in [0.5, 0.6) is 5.75 Å². The predicted octanol–water partition coefficient (Wildman–Crippen LogP) is 3.06. The van der Waals surface area contributed by atoms with Gasteiger partial charge in [-0.2, -0.15) is 0 Å². The van der Waals surface area contributed by atoms with Gasteiger partial charge in [0.2, 0.25) is 0 Å². The van der Waals surface area contributed by atoms with E-state index in [9.17, 15) is 0 Å². The maximum atomic E-state index is 5.78. The molecule has 2 nitrogen and oxygen atoms in total. The lowest BCUT2D eigenvalue weighted by Gasteiger charge is -2.19. The Labute approximate surface area is 92.6 Å². The van der Waals surface area contributed by atoms with Gasteiger partial charge in [0.15, 0.2) is 0 Å². The molecule has 0 spiro atoms. The molecule has 0 radical (unpaired) electrons. The number of hydrogen-bond acceptors (Lipinski definition) is 2. The summed E-state index contributed by atoms with van der Waals surface area (Å²) < 4.78 is 5.78. The van der Waals surface area contributed by atoms with E-state index >= 15 is 0 Å². The summed E-state index contributed by atoms with van der Waals surface area (Å²) in [5.74, 6) is 0.984. The van der Waals surface area contributed by atoms with Crippen LogP contribution in [0.3, 0.4) is 0 Å². The van der Waals surface area contributed by atoms with Crippen LogP contribution in [0.1, 0.15) is 37.9 Å². The first-order valence-corrected chi connectivity index (χ1v) is 5.49. The minimum atomic E-state index is 0.218. The van der Waals surface area contributed by atoms with Crippen molar-refractivity contribution in [2.24, 2.45) is 0 Å². The minimum Gasteiger partial charge on any atom is -0.491 e. The highest BCUT2D eigenvalue weighted by Crippen LogP contribution is 2.26. The third-order valence-corrected chi connectivity index (χ3v) is 2.43. The highest BCUT2D eigenvalue weighted by molar-refractivity contribution is 5.39. The molecule has 0 aliphatic heterocycles. The van der Waals surface area contributed by atoms with Crippen LogP contribution in [0.2, 0.25) is 0 Å². The molecule has 0 aliphatic carbocycles. The monoisotopic (exact) mass is 207 g/mol. The molecule has 0 amide bonds. The van der Waals surface area contributed by atoms with Gasteiger partial charge >= 0.3 is 0 Å². The third kappa shape index (κ3) is 3.24. The zero-order valence-electron chi connectivity index (χ0n) is 10.3. The lowest BCUT2D eigenvalue weighted by molar-refractivity contribution is 0.238. The van der Waals surface area contributed by atoms with Crippen LogP contribution in [-0.4, -0.2) is 13.2 Å². The Morgan fingerprint density at radius 3 is 2.40 bits per heavy atom. The average Bonchev–Trinajstić information content (AvgIpc) is 2.19. The molecule has 0 aliphatic rings. The van der Waals surface area contributed by atoms with Crippen LogP contribution >= 0.6 is 0 Å². The Kier molecular flexibility index (Phi) is 4.15. The fraction of sp³-hybridized carbons (Fsp3) is 0.538. The topological polar surface area (TPSA) is 21.3 Å². The standard InChI is InChI=1S/C13H21NO/c1-9(2)15-13-7-6-10(3)8-12(13)11(4)14-5/h6-9,11,14H,1-5H3. The van der Waals surface area contributed by atoms with E-state index in [1.54, 1.807) is 0 Å². The summed E-state index contributed by atoms with van der Waals surface area (Å²) in [7, 11) is 1.96. The molecule has 0 aromatic heterocycles. The summed E-state index contributed by atoms with van der Waals surface area (Å²) in [6.07, 6.45) is 0.218. The lowest BCUT2D eigenvalue weighted by Crippen LogP contribution is -2.15. The second-order valence-corrected chi connectivity index (χ2v) is 4.22. The number of aryl methyl sites for hydroxylation is 1. The van der Waals surface area contributed by atoms with Crippen molar-refractivity contribution in [3.63, 3.8) is 0 Å². The van der Waals surface area contributed by atoms with Crippen LogP contribution < -0.4 is 10.1 Å². The fourth-order valence-corrected chi connectivity index (χ4v) is 1.52. The van der Waals surface area contributed by atoms with E-state index in [1.807, 2.05) is 20.9 Å². The van der Waals surface area contributed by atoms with Gasteiger partial charge in [0.25, 0.3) is 0 Å². The number of rotatable bonds is 4. The summed E-state index contributed by atoms with van der Waals surface area (Å²) in [5.41, 5.74) is 2.49. The Balaban J connectivity index is 3.02. The molecule has 1 atom stereocenters. The first-order chi connectivity index (χ1) is 7.04. The molecule has 2 heteroatoms. The Hall–Kier alpha value is -1.02. The summed E-state index contributed by atoms with van der Waals surface area (Å²) in [5, 5.41) is 3.24. The molecule has 1 unspecified atom stereocenters. The predicted molar refractivity (Wildman–Crippen MR) is 64.4 cm³/mol. The fourth-order valence-electron chi connectivity index (χ4n) is 1.52. The van der Waals surface area contributed by atoms with Gasteiger partial charge in [-0.1, -0.05) is 17.7 Å². The molecule has 1 aromatic carbocycles. The SMILES string of the molecule is CNC(C)c1cc(C)ccc1OC(C)C. The van der Waals surface area contributed by atoms with Crippen LogP contribution in [-0.2, 0) is 0 Å². The minimum absolute atomic E-state index is 0.218. The van der Waals surface area contributed by atoms with Crippen molar-refractivity contribution in [1.29, 1.82) is 0 Å².